The third-order valence-electron chi connectivity index (χ3n) is 14.7. The van der Waals surface area contributed by atoms with Gasteiger partial charge >= 0.3 is 0 Å². The molecule has 0 heterocycles. The lowest BCUT2D eigenvalue weighted by Crippen LogP contribution is -2.27. The summed E-state index contributed by atoms with van der Waals surface area (Å²) < 4.78 is 0. The molecular formula is C67H67N. The first kappa shape index (κ1) is 45.1. The molecule has 68 heavy (non-hydrogen) atoms. The van der Waals surface area contributed by atoms with E-state index in [1.54, 1.807) is 0 Å². The van der Waals surface area contributed by atoms with Crippen molar-refractivity contribution >= 4 is 29.2 Å². The number of para-hydroxylation sites is 2. The molecule has 0 amide bonds. The summed E-state index contributed by atoms with van der Waals surface area (Å²) in [6, 6.07) is 66.9. The van der Waals surface area contributed by atoms with E-state index < -0.39 is 5.41 Å². The van der Waals surface area contributed by atoms with Gasteiger partial charge < -0.3 is 4.90 Å². The molecule has 8 aromatic carbocycles. The summed E-state index contributed by atoms with van der Waals surface area (Å²) in [5.74, 6) is 0. The van der Waals surface area contributed by atoms with E-state index in [0.29, 0.717) is 0 Å². The fourth-order valence-electron chi connectivity index (χ4n) is 10.7. The van der Waals surface area contributed by atoms with E-state index in [1.807, 2.05) is 0 Å². The van der Waals surface area contributed by atoms with Crippen LogP contribution in [0.2, 0.25) is 0 Å². The van der Waals surface area contributed by atoms with Gasteiger partial charge in [-0.3, -0.25) is 0 Å². The molecular weight excluding hydrogens is 819 g/mol. The maximum atomic E-state index is 2.57. The van der Waals surface area contributed by atoms with Gasteiger partial charge in [0.25, 0.3) is 0 Å². The molecule has 10 rings (SSSR count). The summed E-state index contributed by atoms with van der Waals surface area (Å²) >= 11 is 0. The molecule has 0 bridgehead atoms. The molecule has 2 aliphatic carbocycles. The zero-order valence-electron chi connectivity index (χ0n) is 42.3. The number of nitrogens with zero attached hydrogens (tertiary/aromatic N) is 1. The van der Waals surface area contributed by atoms with Crippen molar-refractivity contribution in [3.8, 4) is 33.4 Å². The van der Waals surface area contributed by atoms with Crippen molar-refractivity contribution in [1.82, 2.24) is 0 Å². The summed E-state index contributed by atoms with van der Waals surface area (Å²) in [7, 11) is 0. The Morgan fingerprint density at radius 1 is 0.309 bits per heavy atom. The van der Waals surface area contributed by atoms with Crippen LogP contribution in [-0.4, -0.2) is 0 Å². The van der Waals surface area contributed by atoms with Crippen molar-refractivity contribution < 1.29 is 0 Å². The van der Waals surface area contributed by atoms with Gasteiger partial charge in [-0.1, -0.05) is 223 Å². The van der Waals surface area contributed by atoms with Crippen molar-refractivity contribution in [3.05, 3.63) is 232 Å². The summed E-state index contributed by atoms with van der Waals surface area (Å²) in [6.07, 6.45) is 4.58. The van der Waals surface area contributed by atoms with Crippen molar-refractivity contribution in [3.63, 3.8) is 0 Å². The second kappa shape index (κ2) is 16.2. The minimum Gasteiger partial charge on any atom is -0.311 e. The monoisotopic (exact) mass is 886 g/mol. The molecule has 340 valence electrons. The molecule has 0 N–H and O–H groups in total. The highest BCUT2D eigenvalue weighted by molar-refractivity contribution is 5.97. The lowest BCUT2D eigenvalue weighted by Gasteiger charge is -2.33. The SMILES string of the molecule is CC(C)(C)c1cc(-c2ccc3c(c2)C2(c4cc(/C=C/c5ccc(N(c6ccccc6)c6ccccc6)cc5)ccc4-3)c3cc(C(C)(C)C)ccc3-c3ccc(C(C)(C)C)cc32)cc(C(C)(C)C)c1. The van der Waals surface area contributed by atoms with Crippen LogP contribution in [0, 0.1) is 0 Å². The zero-order chi connectivity index (χ0) is 48.0. The van der Waals surface area contributed by atoms with E-state index in [1.165, 1.54) is 83.5 Å². The molecule has 0 fully saturated rings. The highest BCUT2D eigenvalue weighted by Crippen LogP contribution is 2.64. The zero-order valence-corrected chi connectivity index (χ0v) is 42.3. The minimum atomic E-state index is -0.522. The predicted molar refractivity (Wildman–Crippen MR) is 293 cm³/mol. The van der Waals surface area contributed by atoms with E-state index in [-0.39, 0.29) is 21.7 Å². The van der Waals surface area contributed by atoms with Crippen molar-refractivity contribution in [2.45, 2.75) is 110 Å². The third kappa shape index (κ3) is 7.84. The highest BCUT2D eigenvalue weighted by atomic mass is 15.1. The summed E-state index contributed by atoms with van der Waals surface area (Å²) in [6.45, 7) is 28.1. The fraction of sp³-hybridized carbons (Fsp3) is 0.254. The fourth-order valence-corrected chi connectivity index (χ4v) is 10.7. The molecule has 1 nitrogen and oxygen atoms in total. The van der Waals surface area contributed by atoms with E-state index in [2.05, 4.69) is 276 Å². The van der Waals surface area contributed by atoms with Crippen molar-refractivity contribution in [2.24, 2.45) is 0 Å². The molecule has 1 spiro atoms. The van der Waals surface area contributed by atoms with Crippen LogP contribution in [0.3, 0.4) is 0 Å². The van der Waals surface area contributed by atoms with Crippen LogP contribution in [0.5, 0.6) is 0 Å². The maximum absolute atomic E-state index is 2.57. The predicted octanol–water partition coefficient (Wildman–Crippen LogP) is 18.5. The second-order valence-electron chi connectivity index (χ2n) is 23.6. The Hall–Kier alpha value is -6.70. The maximum Gasteiger partial charge on any atom is 0.0726 e. The first-order valence-electron chi connectivity index (χ1n) is 24.7. The molecule has 2 aliphatic rings. The number of fused-ring (bicyclic) bond motifs is 10. The number of hydrogen-bond donors (Lipinski definition) is 0. The quantitative estimate of drug-likeness (QED) is 0.150. The Morgan fingerprint density at radius 2 is 0.691 bits per heavy atom. The van der Waals surface area contributed by atoms with Gasteiger partial charge in [-0.25, -0.2) is 0 Å². The molecule has 0 atom stereocenters. The van der Waals surface area contributed by atoms with Crippen LogP contribution in [0.1, 0.15) is 139 Å². The van der Waals surface area contributed by atoms with Gasteiger partial charge in [0.15, 0.2) is 0 Å². The highest BCUT2D eigenvalue weighted by Gasteiger charge is 2.52. The Balaban J connectivity index is 1.16. The topological polar surface area (TPSA) is 3.24 Å². The lowest BCUT2D eigenvalue weighted by molar-refractivity contribution is 0.569. The summed E-state index contributed by atoms with van der Waals surface area (Å²) in [5, 5.41) is 0. The number of anilines is 3. The summed E-state index contributed by atoms with van der Waals surface area (Å²) in [5.41, 5.74) is 24.0. The molecule has 0 saturated carbocycles. The van der Waals surface area contributed by atoms with Gasteiger partial charge in [0.2, 0.25) is 0 Å². The number of rotatable bonds is 6. The molecule has 0 aromatic heterocycles. The smallest absolute Gasteiger partial charge is 0.0726 e. The largest absolute Gasteiger partial charge is 0.311 e. The molecule has 1 heteroatoms. The normalized spacial score (nSPS) is 13.9. The van der Waals surface area contributed by atoms with Crippen LogP contribution in [0.15, 0.2) is 176 Å². The van der Waals surface area contributed by atoms with Crippen LogP contribution < -0.4 is 4.90 Å². The number of hydrogen-bond acceptors (Lipinski definition) is 1. The van der Waals surface area contributed by atoms with Gasteiger partial charge in [0.05, 0.1) is 5.41 Å². The van der Waals surface area contributed by atoms with E-state index >= 15 is 0 Å². The average molecular weight is 886 g/mol. The van der Waals surface area contributed by atoms with Gasteiger partial charge in [0.1, 0.15) is 0 Å². The van der Waals surface area contributed by atoms with E-state index in [9.17, 15) is 0 Å². The number of benzene rings is 8. The average Bonchev–Trinajstić information content (AvgIpc) is 3.76. The van der Waals surface area contributed by atoms with Crippen LogP contribution in [0.4, 0.5) is 17.1 Å². The van der Waals surface area contributed by atoms with E-state index in [0.717, 1.165) is 22.6 Å². The summed E-state index contributed by atoms with van der Waals surface area (Å²) in [4.78, 5) is 2.31. The van der Waals surface area contributed by atoms with Gasteiger partial charge in [-0.15, -0.1) is 0 Å². The van der Waals surface area contributed by atoms with Crippen molar-refractivity contribution in [2.75, 3.05) is 4.90 Å². The Morgan fingerprint density at radius 3 is 1.16 bits per heavy atom. The molecule has 0 unspecified atom stereocenters. The molecule has 0 aliphatic heterocycles. The molecule has 8 aromatic rings. The van der Waals surface area contributed by atoms with Crippen LogP contribution in [-0.2, 0) is 27.1 Å². The lowest BCUT2D eigenvalue weighted by atomic mass is 9.68. The van der Waals surface area contributed by atoms with Crippen LogP contribution in [0.25, 0.3) is 45.5 Å². The Labute approximate surface area is 407 Å². The first-order chi connectivity index (χ1) is 32.2. The third-order valence-corrected chi connectivity index (χ3v) is 14.7. The van der Waals surface area contributed by atoms with Gasteiger partial charge in [0, 0.05) is 17.1 Å². The first-order valence-corrected chi connectivity index (χ1v) is 24.7. The van der Waals surface area contributed by atoms with Crippen LogP contribution >= 0.6 is 0 Å². The Kier molecular flexibility index (Phi) is 10.8. The van der Waals surface area contributed by atoms with Gasteiger partial charge in [-0.2, -0.15) is 0 Å². The minimum absolute atomic E-state index is 0.0108. The Bertz CT molecular complexity index is 3090. The second-order valence-corrected chi connectivity index (χ2v) is 23.6. The van der Waals surface area contributed by atoms with Gasteiger partial charge in [-0.05, 0) is 159 Å². The molecule has 0 radical (unpaired) electrons. The molecule has 0 saturated heterocycles. The van der Waals surface area contributed by atoms with E-state index in [4.69, 9.17) is 0 Å². The standard InChI is InChI=1S/C67H67N/c1-63(2,3)48-29-35-57-58-36-30-49(64(4,5)6)43-62(58)67(61(57)42-48)59-37-45(24-23-44-25-31-54(32-26-44)68(52-19-15-13-16-20-52)53-21-17-14-18-22-53)27-33-55(59)56-34-28-46(40-60(56)67)47-38-50(65(7,8)9)41-51(39-47)66(10,11)12/h13-43H,1-12H3/b24-23+. The van der Waals surface area contributed by atoms with Crippen molar-refractivity contribution in [1.29, 1.82) is 0 Å².